The summed E-state index contributed by atoms with van der Waals surface area (Å²) in [7, 11) is -3.26. The molecule has 0 spiro atoms. The van der Waals surface area contributed by atoms with Gasteiger partial charge in [0.2, 0.25) is 0 Å². The van der Waals surface area contributed by atoms with Crippen LogP contribution in [0.1, 0.15) is 24.2 Å². The topological polar surface area (TPSA) is 89.5 Å². The lowest BCUT2D eigenvalue weighted by atomic mass is 10.1. The minimum atomic E-state index is -3.26. The van der Waals surface area contributed by atoms with Gasteiger partial charge >= 0.3 is 0 Å². The zero-order valence-corrected chi connectivity index (χ0v) is 14.8. The number of sulfone groups is 1. The summed E-state index contributed by atoms with van der Waals surface area (Å²) in [6.45, 7) is 2.85. The van der Waals surface area contributed by atoms with E-state index in [9.17, 15) is 18.0 Å². The van der Waals surface area contributed by atoms with Gasteiger partial charge in [0, 0.05) is 11.3 Å². The van der Waals surface area contributed by atoms with Gasteiger partial charge in [0.1, 0.15) is 5.75 Å². The number of benzene rings is 2. The molecule has 0 aliphatic carbocycles. The minimum Gasteiger partial charge on any atom is -0.484 e. The van der Waals surface area contributed by atoms with Crippen molar-refractivity contribution in [3.05, 3.63) is 54.1 Å². The number of carbonyl (C=O) groups is 2. The van der Waals surface area contributed by atoms with Crippen molar-refractivity contribution in [3.63, 3.8) is 0 Å². The molecule has 0 saturated heterocycles. The molecule has 2 rings (SSSR count). The molecule has 6 nitrogen and oxygen atoms in total. The monoisotopic (exact) mass is 361 g/mol. The lowest BCUT2D eigenvalue weighted by molar-refractivity contribution is -0.118. The van der Waals surface area contributed by atoms with Gasteiger partial charge < -0.3 is 10.1 Å². The van der Waals surface area contributed by atoms with Crippen LogP contribution in [0.4, 0.5) is 5.69 Å². The van der Waals surface area contributed by atoms with Crippen molar-refractivity contribution in [2.45, 2.75) is 18.7 Å². The molecule has 1 N–H and O–H groups in total. The first kappa shape index (κ1) is 18.7. The normalized spacial score (nSPS) is 11.0. The van der Waals surface area contributed by atoms with Crippen LogP contribution in [0.25, 0.3) is 0 Å². The predicted octanol–water partition coefficient (Wildman–Crippen LogP) is 2.70. The van der Waals surface area contributed by atoms with E-state index < -0.39 is 9.84 Å². The highest BCUT2D eigenvalue weighted by molar-refractivity contribution is 7.91. The van der Waals surface area contributed by atoms with Crippen molar-refractivity contribution >= 4 is 27.2 Å². The molecule has 2 aromatic carbocycles. The third kappa shape index (κ3) is 5.15. The Hall–Kier alpha value is -2.67. The Kier molecular flexibility index (Phi) is 5.93. The van der Waals surface area contributed by atoms with Crippen molar-refractivity contribution in [1.29, 1.82) is 0 Å². The summed E-state index contributed by atoms with van der Waals surface area (Å²) in [4.78, 5) is 23.3. The molecule has 0 radical (unpaired) electrons. The van der Waals surface area contributed by atoms with E-state index in [1.807, 2.05) is 0 Å². The fourth-order valence-corrected chi connectivity index (χ4v) is 2.93. The van der Waals surface area contributed by atoms with Crippen molar-refractivity contribution < 1.29 is 22.7 Å². The summed E-state index contributed by atoms with van der Waals surface area (Å²) in [6.07, 6.45) is 0. The maximum absolute atomic E-state index is 11.9. The van der Waals surface area contributed by atoms with E-state index in [1.165, 1.54) is 31.2 Å². The first-order chi connectivity index (χ1) is 11.8. The Morgan fingerprint density at radius 3 is 2.12 bits per heavy atom. The summed E-state index contributed by atoms with van der Waals surface area (Å²) in [5.41, 5.74) is 1.05. The summed E-state index contributed by atoms with van der Waals surface area (Å²) in [5, 5.41) is 2.63. The molecule has 0 bridgehead atoms. The third-order valence-corrected chi connectivity index (χ3v) is 5.26. The number of ketones is 1. The summed E-state index contributed by atoms with van der Waals surface area (Å²) >= 11 is 0. The van der Waals surface area contributed by atoms with Crippen LogP contribution in [0.3, 0.4) is 0 Å². The van der Waals surface area contributed by atoms with Crippen LogP contribution in [0, 0.1) is 0 Å². The maximum Gasteiger partial charge on any atom is 0.262 e. The van der Waals surface area contributed by atoms with Gasteiger partial charge in [-0.15, -0.1) is 0 Å². The van der Waals surface area contributed by atoms with Crippen LogP contribution in [0.15, 0.2) is 53.4 Å². The van der Waals surface area contributed by atoms with Gasteiger partial charge in [-0.1, -0.05) is 6.92 Å². The average molecular weight is 361 g/mol. The number of rotatable bonds is 7. The molecule has 7 heteroatoms. The Morgan fingerprint density at radius 2 is 1.60 bits per heavy atom. The van der Waals surface area contributed by atoms with Crippen LogP contribution in [-0.2, 0) is 14.6 Å². The van der Waals surface area contributed by atoms with E-state index in [1.54, 1.807) is 31.2 Å². The van der Waals surface area contributed by atoms with Gasteiger partial charge in [0.15, 0.2) is 22.2 Å². The minimum absolute atomic E-state index is 0.0228. The second-order valence-corrected chi connectivity index (χ2v) is 7.62. The molecule has 25 heavy (non-hydrogen) atoms. The molecule has 0 saturated carbocycles. The van der Waals surface area contributed by atoms with Gasteiger partial charge in [0.05, 0.1) is 10.6 Å². The number of carbonyl (C=O) groups excluding carboxylic acids is 2. The molecule has 2 aromatic rings. The van der Waals surface area contributed by atoms with Gasteiger partial charge in [-0.3, -0.25) is 9.59 Å². The Morgan fingerprint density at radius 1 is 1.00 bits per heavy atom. The Labute approximate surface area is 146 Å². The van der Waals surface area contributed by atoms with Crippen molar-refractivity contribution in [1.82, 2.24) is 0 Å². The molecule has 0 atom stereocenters. The molecule has 0 aliphatic rings. The molecule has 0 aliphatic heterocycles. The summed E-state index contributed by atoms with van der Waals surface area (Å²) < 4.78 is 28.8. The zero-order valence-electron chi connectivity index (χ0n) is 14.0. The van der Waals surface area contributed by atoms with E-state index >= 15 is 0 Å². The van der Waals surface area contributed by atoms with Gasteiger partial charge in [-0.05, 0) is 55.5 Å². The highest BCUT2D eigenvalue weighted by Crippen LogP contribution is 2.16. The van der Waals surface area contributed by atoms with Gasteiger partial charge in [-0.25, -0.2) is 8.42 Å². The average Bonchev–Trinajstić information content (AvgIpc) is 2.61. The van der Waals surface area contributed by atoms with Crippen molar-refractivity contribution in [2.75, 3.05) is 17.7 Å². The lowest BCUT2D eigenvalue weighted by Crippen LogP contribution is -2.20. The highest BCUT2D eigenvalue weighted by atomic mass is 32.2. The van der Waals surface area contributed by atoms with Crippen LogP contribution in [-0.4, -0.2) is 32.5 Å². The number of hydrogen-bond donors (Lipinski definition) is 1. The quantitative estimate of drug-likeness (QED) is 0.766. The van der Waals surface area contributed by atoms with Crippen molar-refractivity contribution in [3.8, 4) is 5.75 Å². The molecule has 1 amide bonds. The molecule has 0 heterocycles. The fraction of sp³-hybridized carbons (Fsp3) is 0.222. The molecule has 132 valence electrons. The smallest absolute Gasteiger partial charge is 0.262 e. The van der Waals surface area contributed by atoms with Gasteiger partial charge in [-0.2, -0.15) is 0 Å². The SMILES string of the molecule is CCS(=O)(=O)c1ccc(NC(=O)COc2ccc(C(C)=O)cc2)cc1. The first-order valence-electron chi connectivity index (χ1n) is 7.68. The van der Waals surface area contributed by atoms with E-state index in [-0.39, 0.29) is 28.9 Å². The summed E-state index contributed by atoms with van der Waals surface area (Å²) in [5.74, 6) is 0.0821. The summed E-state index contributed by atoms with van der Waals surface area (Å²) in [6, 6.07) is 12.5. The number of anilines is 1. The lowest BCUT2D eigenvalue weighted by Gasteiger charge is -2.08. The molecular formula is C18H19NO5S. The number of amides is 1. The Bertz CT molecular complexity index is 855. The predicted molar refractivity (Wildman–Crippen MR) is 94.7 cm³/mol. The van der Waals surface area contributed by atoms with Gasteiger partial charge in [0.25, 0.3) is 5.91 Å². The second-order valence-electron chi connectivity index (χ2n) is 5.35. The fourth-order valence-electron chi connectivity index (χ4n) is 2.04. The zero-order chi connectivity index (χ0) is 18.4. The van der Waals surface area contributed by atoms with E-state index in [0.717, 1.165) is 0 Å². The highest BCUT2D eigenvalue weighted by Gasteiger charge is 2.11. The molecule has 0 unspecified atom stereocenters. The number of hydrogen-bond acceptors (Lipinski definition) is 5. The first-order valence-corrected chi connectivity index (χ1v) is 9.33. The molecule has 0 aromatic heterocycles. The van der Waals surface area contributed by atoms with Crippen LogP contribution >= 0.6 is 0 Å². The van der Waals surface area contributed by atoms with Crippen LogP contribution in [0.2, 0.25) is 0 Å². The van der Waals surface area contributed by atoms with E-state index in [2.05, 4.69) is 5.32 Å². The van der Waals surface area contributed by atoms with Crippen molar-refractivity contribution in [2.24, 2.45) is 0 Å². The molecule has 0 fully saturated rings. The Balaban J connectivity index is 1.91. The number of nitrogens with one attached hydrogen (secondary N) is 1. The van der Waals surface area contributed by atoms with E-state index in [0.29, 0.717) is 17.0 Å². The number of ether oxygens (including phenoxy) is 1. The maximum atomic E-state index is 11.9. The van der Waals surface area contributed by atoms with Crippen LogP contribution < -0.4 is 10.1 Å². The third-order valence-electron chi connectivity index (χ3n) is 3.51. The standard InChI is InChI=1S/C18H19NO5S/c1-3-25(22,23)17-10-6-15(7-11-17)19-18(21)12-24-16-8-4-14(5-9-16)13(2)20/h4-11H,3,12H2,1-2H3,(H,19,21). The van der Waals surface area contributed by atoms with E-state index in [4.69, 9.17) is 4.74 Å². The molecular weight excluding hydrogens is 342 g/mol. The number of Topliss-reactive ketones (excluding diaryl/α,β-unsaturated/α-hetero) is 1. The largest absolute Gasteiger partial charge is 0.484 e. The second kappa shape index (κ2) is 7.94. The van der Waals surface area contributed by atoms with Crippen LogP contribution in [0.5, 0.6) is 5.75 Å².